The summed E-state index contributed by atoms with van der Waals surface area (Å²) in [5.74, 6) is -1.82. The molecule has 1 unspecified atom stereocenters. The molecule has 1 heterocycles. The van der Waals surface area contributed by atoms with Gasteiger partial charge in [-0.05, 0) is 51.4 Å². The summed E-state index contributed by atoms with van der Waals surface area (Å²) in [6.07, 6.45) is 7.36. The SMILES string of the molecule is Cc1c(C2CC(F)(F)C2)nn(S(C)(C)C)c1NC(=O)OC(C)C1CC1. The molecule has 1 atom stereocenters. The predicted molar refractivity (Wildman–Crippen MR) is 96.9 cm³/mol. The first-order valence-corrected chi connectivity index (χ1v) is 11.4. The number of nitrogens with one attached hydrogen (secondary N) is 1. The van der Waals surface area contributed by atoms with Crippen LogP contribution < -0.4 is 5.32 Å². The zero-order valence-electron chi connectivity index (χ0n) is 15.4. The van der Waals surface area contributed by atoms with Crippen LogP contribution in [0.3, 0.4) is 0 Å². The standard InChI is InChI=1S/C17H27F2N3O2S/c1-10-14(13-8-17(18,19)9-13)21-22(25(3,4)5)15(10)20-16(23)24-11(2)12-6-7-12/h11-13H,6-9H2,1-5H3,(H,20,23). The van der Waals surface area contributed by atoms with E-state index in [4.69, 9.17) is 4.74 Å². The summed E-state index contributed by atoms with van der Waals surface area (Å²) in [6, 6.07) is 0. The molecule has 8 heteroatoms. The van der Waals surface area contributed by atoms with Gasteiger partial charge in [-0.15, -0.1) is 0 Å². The minimum atomic E-state index is -2.60. The molecular weight excluding hydrogens is 348 g/mol. The van der Waals surface area contributed by atoms with Gasteiger partial charge in [-0.1, -0.05) is 0 Å². The number of ether oxygens (including phenoxy) is 1. The number of hydrogen-bond acceptors (Lipinski definition) is 3. The number of hydrogen-bond donors (Lipinski definition) is 1. The number of anilines is 1. The molecule has 1 aromatic rings. The van der Waals surface area contributed by atoms with Gasteiger partial charge in [0.15, 0.2) is 0 Å². The molecule has 0 aliphatic heterocycles. The Labute approximate surface area is 148 Å². The van der Waals surface area contributed by atoms with Crippen LogP contribution in [0.25, 0.3) is 0 Å². The molecule has 2 aliphatic carbocycles. The first kappa shape index (κ1) is 18.5. The molecule has 1 amide bonds. The van der Waals surface area contributed by atoms with E-state index >= 15 is 0 Å². The Balaban J connectivity index is 1.81. The Morgan fingerprint density at radius 3 is 2.44 bits per heavy atom. The normalized spacial score (nSPS) is 22.2. The highest BCUT2D eigenvalue weighted by Gasteiger charge is 2.48. The van der Waals surface area contributed by atoms with E-state index in [0.717, 1.165) is 18.4 Å². The summed E-state index contributed by atoms with van der Waals surface area (Å²) in [6.45, 7) is 3.73. The van der Waals surface area contributed by atoms with E-state index in [1.54, 1.807) is 4.09 Å². The van der Waals surface area contributed by atoms with Crippen LogP contribution in [-0.4, -0.2) is 46.1 Å². The maximum Gasteiger partial charge on any atom is 0.413 e. The molecule has 2 aliphatic rings. The van der Waals surface area contributed by atoms with Crippen LogP contribution in [0.2, 0.25) is 0 Å². The second kappa shape index (κ2) is 6.14. The summed E-state index contributed by atoms with van der Waals surface area (Å²) >= 11 is 0. The zero-order valence-corrected chi connectivity index (χ0v) is 16.3. The summed E-state index contributed by atoms with van der Waals surface area (Å²) in [5.41, 5.74) is 1.43. The maximum atomic E-state index is 13.3. The highest BCUT2D eigenvalue weighted by atomic mass is 32.3. The molecule has 0 spiro atoms. The van der Waals surface area contributed by atoms with Gasteiger partial charge in [0.1, 0.15) is 11.9 Å². The van der Waals surface area contributed by atoms with Gasteiger partial charge in [-0.2, -0.15) is 15.3 Å². The summed E-state index contributed by atoms with van der Waals surface area (Å²) in [5, 5.41) is 7.41. The van der Waals surface area contributed by atoms with Gasteiger partial charge in [0.2, 0.25) is 5.92 Å². The van der Waals surface area contributed by atoms with Crippen LogP contribution in [-0.2, 0) is 4.74 Å². The fourth-order valence-corrected chi connectivity index (χ4v) is 4.29. The van der Waals surface area contributed by atoms with Crippen LogP contribution in [0, 0.1) is 12.8 Å². The van der Waals surface area contributed by atoms with Gasteiger partial charge in [0.05, 0.1) is 5.69 Å². The highest BCUT2D eigenvalue weighted by molar-refractivity contribution is 8.30. The van der Waals surface area contributed by atoms with E-state index in [2.05, 4.69) is 10.4 Å². The number of amides is 1. The summed E-state index contributed by atoms with van der Waals surface area (Å²) in [7, 11) is -1.31. The largest absolute Gasteiger partial charge is 0.446 e. The van der Waals surface area contributed by atoms with Crippen molar-refractivity contribution in [2.75, 3.05) is 24.1 Å². The Morgan fingerprint density at radius 1 is 1.36 bits per heavy atom. The number of alkyl halides is 2. The van der Waals surface area contributed by atoms with Crippen molar-refractivity contribution in [3.05, 3.63) is 11.3 Å². The molecule has 1 N–H and O–H groups in total. The number of carbonyl (C=O) groups excluding carboxylic acids is 1. The molecule has 2 saturated carbocycles. The van der Waals surface area contributed by atoms with E-state index in [-0.39, 0.29) is 24.9 Å². The van der Waals surface area contributed by atoms with Crippen molar-refractivity contribution < 1.29 is 18.3 Å². The molecule has 0 saturated heterocycles. The fraction of sp³-hybridized carbons (Fsp3) is 0.765. The number of nitrogens with zero attached hydrogens (tertiary/aromatic N) is 2. The van der Waals surface area contributed by atoms with Gasteiger partial charge in [-0.25, -0.2) is 17.7 Å². The quantitative estimate of drug-likeness (QED) is 0.824. The van der Waals surface area contributed by atoms with Crippen LogP contribution in [0.1, 0.15) is 49.8 Å². The lowest BCUT2D eigenvalue weighted by atomic mass is 9.78. The summed E-state index contributed by atoms with van der Waals surface area (Å²) in [4.78, 5) is 12.3. The first-order chi connectivity index (χ1) is 11.5. The Hall–Kier alpha value is -1.31. The van der Waals surface area contributed by atoms with E-state index in [0.29, 0.717) is 17.4 Å². The monoisotopic (exact) mass is 375 g/mol. The lowest BCUT2D eigenvalue weighted by Crippen LogP contribution is -2.34. The minimum absolute atomic E-state index is 0.108. The van der Waals surface area contributed by atoms with Crippen molar-refractivity contribution >= 4 is 22.1 Å². The number of rotatable bonds is 5. The third-order valence-corrected chi connectivity index (χ3v) is 6.23. The second-order valence-corrected chi connectivity index (χ2v) is 11.9. The van der Waals surface area contributed by atoms with Crippen molar-refractivity contribution in [1.29, 1.82) is 0 Å². The number of halogens is 2. The molecule has 0 bridgehead atoms. The lowest BCUT2D eigenvalue weighted by molar-refractivity contribution is -0.0877. The minimum Gasteiger partial charge on any atom is -0.446 e. The van der Waals surface area contributed by atoms with Gasteiger partial charge in [0.25, 0.3) is 0 Å². The smallest absolute Gasteiger partial charge is 0.413 e. The van der Waals surface area contributed by atoms with Gasteiger partial charge >= 0.3 is 6.09 Å². The molecule has 0 aromatic carbocycles. The molecule has 1 aromatic heterocycles. The van der Waals surface area contributed by atoms with Crippen molar-refractivity contribution in [3.8, 4) is 0 Å². The van der Waals surface area contributed by atoms with Crippen molar-refractivity contribution in [3.63, 3.8) is 0 Å². The molecule has 3 rings (SSSR count). The molecule has 0 radical (unpaired) electrons. The Kier molecular flexibility index (Phi) is 4.54. The van der Waals surface area contributed by atoms with E-state index in [9.17, 15) is 13.6 Å². The second-order valence-electron chi connectivity index (χ2n) is 8.04. The molecule has 2 fully saturated rings. The van der Waals surface area contributed by atoms with Crippen LogP contribution in [0.5, 0.6) is 0 Å². The van der Waals surface area contributed by atoms with Crippen LogP contribution >= 0.6 is 10.2 Å². The third-order valence-electron chi connectivity index (χ3n) is 4.92. The van der Waals surface area contributed by atoms with Crippen molar-refractivity contribution in [2.45, 2.75) is 57.5 Å². The molecule has 142 valence electrons. The third kappa shape index (κ3) is 3.93. The van der Waals surface area contributed by atoms with Gasteiger partial charge in [0, 0.05) is 24.3 Å². The molecular formula is C17H27F2N3O2S. The summed E-state index contributed by atoms with van der Waals surface area (Å²) < 4.78 is 33.8. The van der Waals surface area contributed by atoms with E-state index in [1.807, 2.05) is 32.6 Å². The maximum absolute atomic E-state index is 13.3. The molecule has 25 heavy (non-hydrogen) atoms. The van der Waals surface area contributed by atoms with E-state index < -0.39 is 22.2 Å². The Morgan fingerprint density at radius 2 is 1.96 bits per heavy atom. The fourth-order valence-electron chi connectivity index (χ4n) is 3.22. The first-order valence-electron chi connectivity index (χ1n) is 8.62. The zero-order chi connectivity index (χ0) is 18.6. The van der Waals surface area contributed by atoms with Crippen LogP contribution in [0.15, 0.2) is 0 Å². The average Bonchev–Trinajstić information content (AvgIpc) is 3.22. The lowest BCUT2D eigenvalue weighted by Gasteiger charge is -2.34. The Bertz CT molecular complexity index is 672. The van der Waals surface area contributed by atoms with Crippen LogP contribution in [0.4, 0.5) is 19.4 Å². The average molecular weight is 375 g/mol. The van der Waals surface area contributed by atoms with Crippen molar-refractivity contribution in [1.82, 2.24) is 9.19 Å². The predicted octanol–water partition coefficient (Wildman–Crippen LogP) is 4.51. The number of carbonyl (C=O) groups is 1. The topological polar surface area (TPSA) is 56.2 Å². The van der Waals surface area contributed by atoms with E-state index in [1.165, 1.54) is 0 Å². The van der Waals surface area contributed by atoms with Gasteiger partial charge in [-0.3, -0.25) is 5.32 Å². The van der Waals surface area contributed by atoms with Crippen molar-refractivity contribution in [2.24, 2.45) is 5.92 Å². The molecule has 5 nitrogen and oxygen atoms in total. The highest BCUT2D eigenvalue weighted by Crippen LogP contribution is 2.51. The number of aromatic nitrogens is 2. The van der Waals surface area contributed by atoms with Gasteiger partial charge < -0.3 is 4.74 Å².